The number of carbonyl (C=O) groups is 2. The van der Waals surface area contributed by atoms with E-state index in [1.165, 1.54) is 13.8 Å². The van der Waals surface area contributed by atoms with Crippen molar-refractivity contribution in [2.45, 2.75) is 39.6 Å². The molecule has 0 aliphatic rings. The molecule has 0 saturated carbocycles. The summed E-state index contributed by atoms with van der Waals surface area (Å²) in [4.78, 5) is 26.5. The van der Waals surface area contributed by atoms with Gasteiger partial charge in [0.2, 0.25) is 0 Å². The summed E-state index contributed by atoms with van der Waals surface area (Å²) in [6.07, 6.45) is 2.09. The van der Waals surface area contributed by atoms with Crippen LogP contribution in [0, 0.1) is 0 Å². The number of nitrogens with zero attached hydrogens (tertiary/aromatic N) is 1. The van der Waals surface area contributed by atoms with Gasteiger partial charge in [-0.3, -0.25) is 14.6 Å². The molecule has 0 fully saturated rings. The minimum absolute atomic E-state index is 0.387. The predicted molar refractivity (Wildman–Crippen MR) is 94.9 cm³/mol. The van der Waals surface area contributed by atoms with E-state index in [0.717, 1.165) is 24.0 Å². The van der Waals surface area contributed by atoms with Gasteiger partial charge in [-0.2, -0.15) is 0 Å². The molecule has 1 aromatic carbocycles. The molecule has 0 unspecified atom stereocenters. The summed E-state index contributed by atoms with van der Waals surface area (Å²) < 4.78 is 15.7. The van der Waals surface area contributed by atoms with Gasteiger partial charge in [0.05, 0.1) is 6.61 Å². The molecular weight excluding hydrogens is 334 g/mol. The van der Waals surface area contributed by atoms with E-state index in [0.29, 0.717) is 18.9 Å². The van der Waals surface area contributed by atoms with E-state index < -0.39 is 18.2 Å². The second-order valence-electron chi connectivity index (χ2n) is 5.78. The van der Waals surface area contributed by atoms with Gasteiger partial charge in [-0.15, -0.1) is 0 Å². The van der Waals surface area contributed by atoms with E-state index in [2.05, 4.69) is 4.98 Å². The molecule has 0 N–H and O–H groups in total. The minimum Gasteiger partial charge on any atom is -0.419 e. The minimum atomic E-state index is -1.13. The molecule has 0 aliphatic heterocycles. The number of ether oxygens (including phenoxy) is 3. The number of esters is 2. The van der Waals surface area contributed by atoms with Gasteiger partial charge in [0.25, 0.3) is 6.29 Å². The molecule has 0 aliphatic carbocycles. The van der Waals surface area contributed by atoms with Crippen LogP contribution >= 0.6 is 0 Å². The molecule has 6 nitrogen and oxygen atoms in total. The molecule has 26 heavy (non-hydrogen) atoms. The van der Waals surface area contributed by atoms with Crippen LogP contribution in [0.25, 0.3) is 0 Å². The first-order valence-corrected chi connectivity index (χ1v) is 8.45. The van der Waals surface area contributed by atoms with Gasteiger partial charge in [-0.25, -0.2) is 0 Å². The number of aromatic nitrogens is 1. The average molecular weight is 357 g/mol. The van der Waals surface area contributed by atoms with Crippen LogP contribution in [0.2, 0.25) is 0 Å². The normalized spacial score (nSPS) is 10.6. The van der Waals surface area contributed by atoms with E-state index in [1.54, 1.807) is 12.3 Å². The highest BCUT2D eigenvalue weighted by Gasteiger charge is 2.19. The number of hydrogen-bond acceptors (Lipinski definition) is 6. The first-order chi connectivity index (χ1) is 12.5. The number of benzene rings is 1. The monoisotopic (exact) mass is 357 g/mol. The summed E-state index contributed by atoms with van der Waals surface area (Å²) >= 11 is 0. The molecule has 0 bridgehead atoms. The summed E-state index contributed by atoms with van der Waals surface area (Å²) in [5.74, 6) is -1.09. The predicted octanol–water partition coefficient (Wildman–Crippen LogP) is 3.36. The SMILES string of the molecule is CC(=O)OC(OC(C)=O)c1cc(CCCOCc2ccccc2)ccn1. The van der Waals surface area contributed by atoms with Gasteiger partial charge in [0.15, 0.2) is 0 Å². The third kappa shape index (κ3) is 7.03. The lowest BCUT2D eigenvalue weighted by Crippen LogP contribution is -2.16. The lowest BCUT2D eigenvalue weighted by Gasteiger charge is -2.16. The van der Waals surface area contributed by atoms with Crippen molar-refractivity contribution in [3.8, 4) is 0 Å². The molecule has 0 spiro atoms. The van der Waals surface area contributed by atoms with Crippen LogP contribution < -0.4 is 0 Å². The Morgan fingerprint density at radius 2 is 1.69 bits per heavy atom. The van der Waals surface area contributed by atoms with Crippen LogP contribution in [0.15, 0.2) is 48.7 Å². The van der Waals surface area contributed by atoms with Gasteiger partial charge in [0, 0.05) is 26.7 Å². The van der Waals surface area contributed by atoms with Crippen LogP contribution in [0.4, 0.5) is 0 Å². The molecule has 138 valence electrons. The fraction of sp³-hybridized carbons (Fsp3) is 0.350. The third-order valence-corrected chi connectivity index (χ3v) is 3.50. The highest BCUT2D eigenvalue weighted by Crippen LogP contribution is 2.19. The van der Waals surface area contributed by atoms with Crippen molar-refractivity contribution in [2.24, 2.45) is 0 Å². The lowest BCUT2D eigenvalue weighted by atomic mass is 10.1. The quantitative estimate of drug-likeness (QED) is 0.389. The van der Waals surface area contributed by atoms with Gasteiger partial charge in [-0.1, -0.05) is 30.3 Å². The van der Waals surface area contributed by atoms with E-state index >= 15 is 0 Å². The van der Waals surface area contributed by atoms with Crippen LogP contribution in [0.5, 0.6) is 0 Å². The summed E-state index contributed by atoms with van der Waals surface area (Å²) in [7, 11) is 0. The number of carbonyl (C=O) groups excluding carboxylic acids is 2. The second kappa shape index (κ2) is 10.3. The van der Waals surface area contributed by atoms with Crippen LogP contribution in [-0.2, 0) is 36.8 Å². The number of hydrogen-bond donors (Lipinski definition) is 0. The van der Waals surface area contributed by atoms with Crippen molar-refractivity contribution in [2.75, 3.05) is 6.61 Å². The molecule has 2 rings (SSSR count). The average Bonchev–Trinajstić information content (AvgIpc) is 2.61. The smallest absolute Gasteiger partial charge is 0.306 e. The highest BCUT2D eigenvalue weighted by atomic mass is 16.7. The molecular formula is C20H23NO5. The maximum Gasteiger partial charge on any atom is 0.306 e. The Balaban J connectivity index is 1.85. The van der Waals surface area contributed by atoms with E-state index in [-0.39, 0.29) is 0 Å². The van der Waals surface area contributed by atoms with Gasteiger partial charge in [0.1, 0.15) is 5.69 Å². The zero-order valence-corrected chi connectivity index (χ0v) is 15.0. The first-order valence-electron chi connectivity index (χ1n) is 8.45. The summed E-state index contributed by atoms with van der Waals surface area (Å²) in [6, 6.07) is 13.6. The van der Waals surface area contributed by atoms with Crippen molar-refractivity contribution in [3.63, 3.8) is 0 Å². The summed E-state index contributed by atoms with van der Waals surface area (Å²) in [5, 5.41) is 0. The molecule has 1 heterocycles. The Morgan fingerprint density at radius 3 is 2.35 bits per heavy atom. The van der Waals surface area contributed by atoms with Crippen LogP contribution in [0.1, 0.15) is 43.4 Å². The van der Waals surface area contributed by atoms with Crippen molar-refractivity contribution >= 4 is 11.9 Å². The fourth-order valence-corrected chi connectivity index (χ4v) is 2.37. The van der Waals surface area contributed by atoms with Crippen molar-refractivity contribution < 1.29 is 23.8 Å². The zero-order valence-electron chi connectivity index (χ0n) is 15.0. The number of aryl methyl sites for hydroxylation is 1. The maximum absolute atomic E-state index is 11.2. The Labute approximate surface area is 153 Å². The Kier molecular flexibility index (Phi) is 7.76. The third-order valence-electron chi connectivity index (χ3n) is 3.50. The molecule has 0 amide bonds. The summed E-state index contributed by atoms with van der Waals surface area (Å²) in [5.41, 5.74) is 2.53. The zero-order chi connectivity index (χ0) is 18.8. The fourth-order valence-electron chi connectivity index (χ4n) is 2.37. The van der Waals surface area contributed by atoms with E-state index in [9.17, 15) is 9.59 Å². The number of rotatable bonds is 9. The molecule has 0 saturated heterocycles. The molecule has 0 atom stereocenters. The lowest BCUT2D eigenvalue weighted by molar-refractivity contribution is -0.187. The second-order valence-corrected chi connectivity index (χ2v) is 5.78. The molecule has 0 radical (unpaired) electrons. The Bertz CT molecular complexity index is 701. The standard InChI is InChI=1S/C20H23NO5/c1-15(22)25-20(26-16(2)23)19-13-17(10-11-21-19)9-6-12-24-14-18-7-4-3-5-8-18/h3-5,7-8,10-11,13,20H,6,9,12,14H2,1-2H3. The molecule has 1 aromatic heterocycles. The van der Waals surface area contributed by atoms with Gasteiger partial charge in [-0.05, 0) is 36.1 Å². The van der Waals surface area contributed by atoms with Crippen LogP contribution in [-0.4, -0.2) is 23.5 Å². The number of pyridine rings is 1. The van der Waals surface area contributed by atoms with Crippen molar-refractivity contribution in [3.05, 3.63) is 65.5 Å². The Hall–Kier alpha value is -2.73. The van der Waals surface area contributed by atoms with Crippen LogP contribution in [0.3, 0.4) is 0 Å². The van der Waals surface area contributed by atoms with Gasteiger partial charge >= 0.3 is 11.9 Å². The molecule has 6 heteroatoms. The van der Waals surface area contributed by atoms with Crippen molar-refractivity contribution in [1.29, 1.82) is 0 Å². The highest BCUT2D eigenvalue weighted by molar-refractivity contribution is 5.68. The largest absolute Gasteiger partial charge is 0.419 e. The molecule has 2 aromatic rings. The summed E-state index contributed by atoms with van der Waals surface area (Å²) in [6.45, 7) is 3.72. The Morgan fingerprint density at radius 1 is 1.00 bits per heavy atom. The first kappa shape index (κ1) is 19.6. The van der Waals surface area contributed by atoms with Crippen molar-refractivity contribution in [1.82, 2.24) is 4.98 Å². The topological polar surface area (TPSA) is 74.7 Å². The van der Waals surface area contributed by atoms with E-state index in [4.69, 9.17) is 14.2 Å². The van der Waals surface area contributed by atoms with Gasteiger partial charge < -0.3 is 14.2 Å². The maximum atomic E-state index is 11.2. The van der Waals surface area contributed by atoms with E-state index in [1.807, 2.05) is 36.4 Å².